The highest BCUT2D eigenvalue weighted by molar-refractivity contribution is 9.10. The molecule has 0 saturated carbocycles. The lowest BCUT2D eigenvalue weighted by Gasteiger charge is -2.00. The van der Waals surface area contributed by atoms with Gasteiger partial charge in [-0.15, -0.1) is 0 Å². The van der Waals surface area contributed by atoms with E-state index in [2.05, 4.69) is 20.9 Å². The van der Waals surface area contributed by atoms with Crippen LogP contribution in [0, 0.1) is 0 Å². The predicted molar refractivity (Wildman–Crippen MR) is 43.0 cm³/mol. The number of anilines is 1. The summed E-state index contributed by atoms with van der Waals surface area (Å²) in [6.45, 7) is 0. The van der Waals surface area contributed by atoms with Crippen LogP contribution in [-0.2, 0) is 0 Å². The summed E-state index contributed by atoms with van der Waals surface area (Å²) in [4.78, 5) is 3.67. The van der Waals surface area contributed by atoms with Gasteiger partial charge in [0.25, 0.3) is 0 Å². The average molecular weight is 223 g/mol. The Morgan fingerprint density at radius 3 is 2.80 bits per heavy atom. The molecule has 0 aliphatic carbocycles. The largest absolute Gasteiger partial charge is 0.504 e. The SMILES string of the molecule is Nc1c(Cl)ncc(Br)c1O. The fourth-order valence-electron chi connectivity index (χ4n) is 0.470. The van der Waals surface area contributed by atoms with Crippen LogP contribution < -0.4 is 5.73 Å². The number of rotatable bonds is 0. The van der Waals surface area contributed by atoms with Crippen molar-refractivity contribution in [3.8, 4) is 5.75 Å². The molecule has 3 nitrogen and oxygen atoms in total. The number of hydrogen-bond donors (Lipinski definition) is 2. The molecule has 0 saturated heterocycles. The zero-order valence-corrected chi connectivity index (χ0v) is 7.15. The third-order valence-electron chi connectivity index (χ3n) is 0.995. The maximum atomic E-state index is 9.09. The van der Waals surface area contributed by atoms with Crippen LogP contribution in [0.3, 0.4) is 0 Å². The Morgan fingerprint density at radius 2 is 2.30 bits per heavy atom. The Balaban J connectivity index is 3.34. The van der Waals surface area contributed by atoms with Crippen molar-refractivity contribution in [1.82, 2.24) is 4.98 Å². The molecule has 1 heterocycles. The standard InChI is InChI=1S/C5H4BrClN2O/c6-2-1-9-5(7)3(8)4(2)10/h1H,8H2,(H,9,10). The molecule has 0 spiro atoms. The Hall–Kier alpha value is -0.480. The van der Waals surface area contributed by atoms with Gasteiger partial charge >= 0.3 is 0 Å². The lowest BCUT2D eigenvalue weighted by atomic mass is 10.4. The number of aromatic hydroxyl groups is 1. The molecule has 0 unspecified atom stereocenters. The minimum absolute atomic E-state index is 0.0694. The van der Waals surface area contributed by atoms with Crippen LogP contribution in [0.1, 0.15) is 0 Å². The van der Waals surface area contributed by atoms with Crippen molar-refractivity contribution in [3.63, 3.8) is 0 Å². The van der Waals surface area contributed by atoms with Crippen molar-refractivity contribution in [2.24, 2.45) is 0 Å². The first kappa shape index (κ1) is 7.63. The van der Waals surface area contributed by atoms with Gasteiger partial charge < -0.3 is 10.8 Å². The number of nitrogens with zero attached hydrogens (tertiary/aromatic N) is 1. The van der Waals surface area contributed by atoms with Crippen LogP contribution >= 0.6 is 27.5 Å². The monoisotopic (exact) mass is 222 g/mol. The fourth-order valence-corrected chi connectivity index (χ4v) is 0.925. The van der Waals surface area contributed by atoms with E-state index in [1.165, 1.54) is 6.20 Å². The smallest absolute Gasteiger partial charge is 0.157 e. The van der Waals surface area contributed by atoms with E-state index in [1.807, 2.05) is 0 Å². The Kier molecular flexibility index (Phi) is 2.01. The highest BCUT2D eigenvalue weighted by atomic mass is 79.9. The Labute approximate surface area is 71.0 Å². The fraction of sp³-hybridized carbons (Fsp3) is 0. The first-order chi connectivity index (χ1) is 4.63. The number of halogens is 2. The minimum Gasteiger partial charge on any atom is -0.504 e. The molecule has 0 bridgehead atoms. The molecule has 0 aliphatic heterocycles. The molecule has 0 fully saturated rings. The van der Waals surface area contributed by atoms with Gasteiger partial charge in [-0.1, -0.05) is 11.6 Å². The summed E-state index contributed by atoms with van der Waals surface area (Å²) in [5.74, 6) is -0.0694. The van der Waals surface area contributed by atoms with Gasteiger partial charge in [0.2, 0.25) is 0 Å². The highest BCUT2D eigenvalue weighted by Gasteiger charge is 2.06. The summed E-state index contributed by atoms with van der Waals surface area (Å²) in [5.41, 5.74) is 5.40. The van der Waals surface area contributed by atoms with Crippen molar-refractivity contribution in [3.05, 3.63) is 15.8 Å². The lowest BCUT2D eigenvalue weighted by molar-refractivity contribution is 0.474. The third kappa shape index (κ3) is 1.17. The van der Waals surface area contributed by atoms with E-state index in [4.69, 9.17) is 22.4 Å². The van der Waals surface area contributed by atoms with Crippen LogP contribution in [-0.4, -0.2) is 10.1 Å². The van der Waals surface area contributed by atoms with Crippen LogP contribution in [0.25, 0.3) is 0 Å². The summed E-state index contributed by atoms with van der Waals surface area (Å²) < 4.78 is 0.439. The summed E-state index contributed by atoms with van der Waals surface area (Å²) in [6, 6.07) is 0. The van der Waals surface area contributed by atoms with Crippen LogP contribution in [0.15, 0.2) is 10.7 Å². The van der Waals surface area contributed by atoms with Gasteiger partial charge in [-0.25, -0.2) is 4.98 Å². The zero-order valence-electron chi connectivity index (χ0n) is 4.81. The van der Waals surface area contributed by atoms with Gasteiger partial charge in [0.05, 0.1) is 4.47 Å². The lowest BCUT2D eigenvalue weighted by Crippen LogP contribution is -1.89. The number of nitrogen functional groups attached to an aromatic ring is 1. The van der Waals surface area contributed by atoms with Gasteiger partial charge in [0.1, 0.15) is 5.69 Å². The predicted octanol–water partition coefficient (Wildman–Crippen LogP) is 1.79. The van der Waals surface area contributed by atoms with E-state index < -0.39 is 0 Å². The van der Waals surface area contributed by atoms with E-state index in [0.29, 0.717) is 4.47 Å². The Bertz CT molecular complexity index is 239. The van der Waals surface area contributed by atoms with Crippen LogP contribution in [0.2, 0.25) is 5.15 Å². The van der Waals surface area contributed by atoms with Gasteiger partial charge in [-0.05, 0) is 15.9 Å². The van der Waals surface area contributed by atoms with Gasteiger partial charge in [-0.3, -0.25) is 0 Å². The molecule has 1 rings (SSSR count). The van der Waals surface area contributed by atoms with E-state index in [-0.39, 0.29) is 16.6 Å². The summed E-state index contributed by atoms with van der Waals surface area (Å²) >= 11 is 8.50. The summed E-state index contributed by atoms with van der Waals surface area (Å²) in [6.07, 6.45) is 1.38. The van der Waals surface area contributed by atoms with E-state index in [9.17, 15) is 0 Å². The first-order valence-corrected chi connectivity index (χ1v) is 3.58. The molecular formula is C5H4BrClN2O. The summed E-state index contributed by atoms with van der Waals surface area (Å²) in [5, 5.41) is 9.20. The first-order valence-electron chi connectivity index (χ1n) is 2.41. The van der Waals surface area contributed by atoms with Crippen molar-refractivity contribution in [2.45, 2.75) is 0 Å². The molecule has 1 aromatic heterocycles. The second-order valence-corrected chi connectivity index (χ2v) is 2.87. The van der Waals surface area contributed by atoms with Crippen LogP contribution in [0.4, 0.5) is 5.69 Å². The molecule has 3 N–H and O–H groups in total. The number of nitrogens with two attached hydrogens (primary N) is 1. The topological polar surface area (TPSA) is 59.1 Å². The van der Waals surface area contributed by atoms with E-state index in [1.54, 1.807) is 0 Å². The third-order valence-corrected chi connectivity index (χ3v) is 1.88. The summed E-state index contributed by atoms with van der Waals surface area (Å²) in [7, 11) is 0. The second-order valence-electron chi connectivity index (χ2n) is 1.66. The molecule has 54 valence electrons. The molecule has 0 amide bonds. The number of pyridine rings is 1. The molecule has 0 radical (unpaired) electrons. The average Bonchev–Trinajstić information content (AvgIpc) is 1.93. The minimum atomic E-state index is -0.0694. The van der Waals surface area contributed by atoms with Crippen LogP contribution in [0.5, 0.6) is 5.75 Å². The number of hydrogen-bond acceptors (Lipinski definition) is 3. The zero-order chi connectivity index (χ0) is 7.72. The Morgan fingerprint density at radius 1 is 1.70 bits per heavy atom. The van der Waals surface area contributed by atoms with Crippen molar-refractivity contribution < 1.29 is 5.11 Å². The van der Waals surface area contributed by atoms with Crippen molar-refractivity contribution >= 4 is 33.2 Å². The van der Waals surface area contributed by atoms with E-state index >= 15 is 0 Å². The quantitative estimate of drug-likeness (QED) is 0.659. The molecular weight excluding hydrogens is 219 g/mol. The molecule has 5 heteroatoms. The van der Waals surface area contributed by atoms with Crippen molar-refractivity contribution in [1.29, 1.82) is 0 Å². The number of aromatic nitrogens is 1. The molecule has 1 aromatic rings. The maximum absolute atomic E-state index is 9.09. The molecule has 10 heavy (non-hydrogen) atoms. The molecule has 0 aromatic carbocycles. The normalized spacial score (nSPS) is 9.80. The molecule has 0 atom stereocenters. The second kappa shape index (κ2) is 2.64. The van der Waals surface area contributed by atoms with Gasteiger partial charge in [0.15, 0.2) is 10.9 Å². The van der Waals surface area contributed by atoms with Gasteiger partial charge in [-0.2, -0.15) is 0 Å². The molecule has 0 aliphatic rings. The maximum Gasteiger partial charge on any atom is 0.157 e. The van der Waals surface area contributed by atoms with E-state index in [0.717, 1.165) is 0 Å². The highest BCUT2D eigenvalue weighted by Crippen LogP contribution is 2.32. The van der Waals surface area contributed by atoms with Crippen molar-refractivity contribution in [2.75, 3.05) is 5.73 Å². The van der Waals surface area contributed by atoms with Gasteiger partial charge in [0, 0.05) is 6.20 Å².